The molecular formula is C14H16Cl3NO2. The number of benzene rings is 1. The molecule has 1 unspecified atom stereocenters. The Labute approximate surface area is 133 Å². The van der Waals surface area contributed by atoms with Crippen LogP contribution in [0.15, 0.2) is 12.1 Å². The van der Waals surface area contributed by atoms with E-state index in [0.29, 0.717) is 35.3 Å². The van der Waals surface area contributed by atoms with Crippen molar-refractivity contribution in [2.45, 2.75) is 32.3 Å². The van der Waals surface area contributed by atoms with E-state index in [1.54, 1.807) is 11.0 Å². The molecule has 1 atom stereocenters. The van der Waals surface area contributed by atoms with Crippen molar-refractivity contribution in [3.05, 3.63) is 27.7 Å². The molecule has 1 aliphatic heterocycles. The summed E-state index contributed by atoms with van der Waals surface area (Å²) in [4.78, 5) is 13.0. The maximum Gasteiger partial charge on any atom is 0.316 e. The van der Waals surface area contributed by atoms with Gasteiger partial charge in [0, 0.05) is 23.6 Å². The summed E-state index contributed by atoms with van der Waals surface area (Å²) in [5.41, 5.74) is 0.977. The minimum atomic E-state index is -0.442. The van der Waals surface area contributed by atoms with Gasteiger partial charge in [-0.15, -0.1) is 0 Å². The average molecular weight is 337 g/mol. The molecule has 6 heteroatoms. The SMILES string of the molecule is CCCCN(CC1Cc2cc(Cl)cc(Cl)c2O1)C(=O)Cl. The second kappa shape index (κ2) is 6.88. The van der Waals surface area contributed by atoms with Crippen LogP contribution in [0.25, 0.3) is 0 Å². The Kier molecular flexibility index (Phi) is 5.42. The molecule has 0 bridgehead atoms. The number of hydrogen-bond donors (Lipinski definition) is 0. The van der Waals surface area contributed by atoms with Gasteiger partial charge in [-0.05, 0) is 30.2 Å². The van der Waals surface area contributed by atoms with Gasteiger partial charge in [0.1, 0.15) is 11.9 Å². The zero-order valence-electron chi connectivity index (χ0n) is 11.2. The smallest absolute Gasteiger partial charge is 0.316 e. The lowest BCUT2D eigenvalue weighted by Gasteiger charge is -2.22. The highest BCUT2D eigenvalue weighted by Crippen LogP contribution is 2.38. The van der Waals surface area contributed by atoms with E-state index in [4.69, 9.17) is 39.5 Å². The Morgan fingerprint density at radius 3 is 2.85 bits per heavy atom. The Balaban J connectivity index is 2.03. The Hall–Kier alpha value is -0.640. The number of ether oxygens (including phenoxy) is 1. The highest BCUT2D eigenvalue weighted by Gasteiger charge is 2.28. The maximum absolute atomic E-state index is 11.4. The molecule has 0 aliphatic carbocycles. The molecule has 0 saturated carbocycles. The third kappa shape index (κ3) is 3.72. The topological polar surface area (TPSA) is 29.5 Å². The Bertz CT molecular complexity index is 507. The Morgan fingerprint density at radius 1 is 1.45 bits per heavy atom. The van der Waals surface area contributed by atoms with Crippen LogP contribution in [0, 0.1) is 0 Å². The first kappa shape index (κ1) is 15.7. The van der Waals surface area contributed by atoms with Crippen LogP contribution in [0.3, 0.4) is 0 Å². The van der Waals surface area contributed by atoms with Gasteiger partial charge in [-0.25, -0.2) is 0 Å². The van der Waals surface area contributed by atoms with Gasteiger partial charge in [0.25, 0.3) is 0 Å². The first-order chi connectivity index (χ1) is 9.51. The number of amides is 1. The predicted molar refractivity (Wildman–Crippen MR) is 82.3 cm³/mol. The minimum absolute atomic E-state index is 0.125. The summed E-state index contributed by atoms with van der Waals surface area (Å²) in [7, 11) is 0. The second-order valence-electron chi connectivity index (χ2n) is 4.87. The van der Waals surface area contributed by atoms with E-state index < -0.39 is 5.37 Å². The van der Waals surface area contributed by atoms with Crippen molar-refractivity contribution < 1.29 is 9.53 Å². The van der Waals surface area contributed by atoms with Gasteiger partial charge < -0.3 is 9.64 Å². The van der Waals surface area contributed by atoms with Crippen molar-refractivity contribution in [3.63, 3.8) is 0 Å². The summed E-state index contributed by atoms with van der Waals surface area (Å²) < 4.78 is 5.81. The van der Waals surface area contributed by atoms with E-state index in [9.17, 15) is 4.79 Å². The summed E-state index contributed by atoms with van der Waals surface area (Å²) in [5.74, 6) is 0.665. The number of fused-ring (bicyclic) bond motifs is 1. The zero-order chi connectivity index (χ0) is 14.7. The number of rotatable bonds is 5. The van der Waals surface area contributed by atoms with Crippen molar-refractivity contribution in [2.24, 2.45) is 0 Å². The van der Waals surface area contributed by atoms with Gasteiger partial charge >= 0.3 is 5.37 Å². The van der Waals surface area contributed by atoms with Crippen LogP contribution in [0.1, 0.15) is 25.3 Å². The second-order valence-corrected chi connectivity index (χ2v) is 6.04. The third-order valence-corrected chi connectivity index (χ3v) is 4.01. The average Bonchev–Trinajstić information content (AvgIpc) is 2.77. The lowest BCUT2D eigenvalue weighted by atomic mass is 10.1. The molecule has 0 saturated heterocycles. The van der Waals surface area contributed by atoms with Gasteiger partial charge in [-0.3, -0.25) is 4.79 Å². The standard InChI is InChI=1S/C14H16Cl3NO2/c1-2-3-4-18(14(17)19)8-11-6-9-5-10(15)7-12(16)13(9)20-11/h5,7,11H,2-4,6,8H2,1H3. The first-order valence-corrected chi connectivity index (χ1v) is 7.73. The molecule has 0 N–H and O–H groups in total. The maximum atomic E-state index is 11.4. The number of carbonyl (C=O) groups is 1. The van der Waals surface area contributed by atoms with Crippen LogP contribution < -0.4 is 4.74 Å². The van der Waals surface area contributed by atoms with Crippen molar-refractivity contribution in [1.82, 2.24) is 4.90 Å². The van der Waals surface area contributed by atoms with Crippen LogP contribution in [-0.4, -0.2) is 29.5 Å². The Morgan fingerprint density at radius 2 is 2.20 bits per heavy atom. The summed E-state index contributed by atoms with van der Waals surface area (Å²) in [6, 6.07) is 3.51. The summed E-state index contributed by atoms with van der Waals surface area (Å²) in [5, 5.41) is 0.656. The van der Waals surface area contributed by atoms with E-state index >= 15 is 0 Å². The molecule has 110 valence electrons. The number of hydrogen-bond acceptors (Lipinski definition) is 2. The van der Waals surface area contributed by atoms with Crippen LogP contribution >= 0.6 is 34.8 Å². The minimum Gasteiger partial charge on any atom is -0.486 e. The van der Waals surface area contributed by atoms with Gasteiger partial charge in [0.05, 0.1) is 11.6 Å². The molecule has 20 heavy (non-hydrogen) atoms. The summed E-state index contributed by atoms with van der Waals surface area (Å²) in [6.45, 7) is 3.18. The van der Waals surface area contributed by atoms with Crippen LogP contribution in [-0.2, 0) is 6.42 Å². The molecule has 1 aliphatic rings. The molecule has 1 amide bonds. The van der Waals surface area contributed by atoms with Crippen molar-refractivity contribution in [3.8, 4) is 5.75 Å². The van der Waals surface area contributed by atoms with Gasteiger partial charge in [0.2, 0.25) is 0 Å². The van der Waals surface area contributed by atoms with Crippen LogP contribution in [0.5, 0.6) is 5.75 Å². The number of carbonyl (C=O) groups excluding carboxylic acids is 1. The quantitative estimate of drug-likeness (QED) is 0.573. The highest BCUT2D eigenvalue weighted by atomic mass is 35.5. The fraction of sp³-hybridized carbons (Fsp3) is 0.500. The van der Waals surface area contributed by atoms with Gasteiger partial charge in [-0.2, -0.15) is 0 Å². The molecular weight excluding hydrogens is 321 g/mol. The van der Waals surface area contributed by atoms with Crippen molar-refractivity contribution in [2.75, 3.05) is 13.1 Å². The molecule has 1 heterocycles. The van der Waals surface area contributed by atoms with Crippen LogP contribution in [0.4, 0.5) is 4.79 Å². The van der Waals surface area contributed by atoms with E-state index in [1.165, 1.54) is 0 Å². The molecule has 1 aromatic carbocycles. The van der Waals surface area contributed by atoms with Gasteiger partial charge in [0.15, 0.2) is 0 Å². The highest BCUT2D eigenvalue weighted by molar-refractivity contribution is 6.62. The summed E-state index contributed by atoms with van der Waals surface area (Å²) >= 11 is 17.7. The van der Waals surface area contributed by atoms with Crippen molar-refractivity contribution >= 4 is 40.2 Å². The fourth-order valence-corrected chi connectivity index (χ4v) is 3.03. The molecule has 0 fully saturated rings. The van der Waals surface area contributed by atoms with E-state index in [-0.39, 0.29) is 6.10 Å². The monoisotopic (exact) mass is 335 g/mol. The van der Waals surface area contributed by atoms with Crippen LogP contribution in [0.2, 0.25) is 10.0 Å². The van der Waals surface area contributed by atoms with E-state index in [0.717, 1.165) is 18.4 Å². The molecule has 3 nitrogen and oxygen atoms in total. The molecule has 0 radical (unpaired) electrons. The van der Waals surface area contributed by atoms with Gasteiger partial charge in [-0.1, -0.05) is 36.5 Å². The van der Waals surface area contributed by atoms with Crippen molar-refractivity contribution in [1.29, 1.82) is 0 Å². The third-order valence-electron chi connectivity index (χ3n) is 3.27. The molecule has 0 aromatic heterocycles. The molecule has 1 aromatic rings. The van der Waals surface area contributed by atoms with E-state index in [2.05, 4.69) is 6.92 Å². The van der Waals surface area contributed by atoms with E-state index in [1.807, 2.05) is 6.07 Å². The lowest BCUT2D eigenvalue weighted by Crippen LogP contribution is -2.37. The number of nitrogens with zero attached hydrogens (tertiary/aromatic N) is 1. The molecule has 0 spiro atoms. The molecule has 2 rings (SSSR count). The number of unbranched alkanes of at least 4 members (excludes halogenated alkanes) is 1. The predicted octanol–water partition coefficient (Wildman–Crippen LogP) is 4.76. The lowest BCUT2D eigenvalue weighted by molar-refractivity contribution is 0.163. The first-order valence-electron chi connectivity index (χ1n) is 6.60. The fourth-order valence-electron chi connectivity index (χ4n) is 2.30. The number of halogens is 3. The zero-order valence-corrected chi connectivity index (χ0v) is 13.4. The summed E-state index contributed by atoms with van der Waals surface area (Å²) in [6.07, 6.45) is 2.49. The largest absolute Gasteiger partial charge is 0.486 e. The normalized spacial score (nSPS) is 16.7.